The van der Waals surface area contributed by atoms with Gasteiger partial charge in [0.1, 0.15) is 11.6 Å². The van der Waals surface area contributed by atoms with Gasteiger partial charge in [0, 0.05) is 18.2 Å². The Morgan fingerprint density at radius 3 is 2.93 bits per heavy atom. The first-order valence-electron chi connectivity index (χ1n) is 8.38. The van der Waals surface area contributed by atoms with E-state index in [0.29, 0.717) is 42.0 Å². The molecule has 0 aliphatic carbocycles. The first kappa shape index (κ1) is 18.8. The van der Waals surface area contributed by atoms with Crippen molar-refractivity contribution in [3.63, 3.8) is 0 Å². The summed E-state index contributed by atoms with van der Waals surface area (Å²) in [4.78, 5) is 11.9. The number of fused-ring (bicyclic) bond motifs is 1. The van der Waals surface area contributed by atoms with Gasteiger partial charge >= 0.3 is 0 Å². The topological polar surface area (TPSA) is 56.8 Å². The average molecular weight is 375 g/mol. The van der Waals surface area contributed by atoms with Crippen LogP contribution in [0.3, 0.4) is 0 Å². The molecule has 3 rings (SSSR count). The first-order chi connectivity index (χ1) is 13.1. The maximum Gasteiger partial charge on any atom is 0.244 e. The van der Waals surface area contributed by atoms with E-state index in [2.05, 4.69) is 5.32 Å². The Bertz CT molecular complexity index is 867. The minimum absolute atomic E-state index is 0.124. The van der Waals surface area contributed by atoms with E-state index in [-0.39, 0.29) is 24.3 Å². The van der Waals surface area contributed by atoms with Gasteiger partial charge in [0.2, 0.25) is 5.91 Å². The zero-order valence-corrected chi connectivity index (χ0v) is 14.8. The van der Waals surface area contributed by atoms with Crippen LogP contribution in [0.4, 0.5) is 8.78 Å². The van der Waals surface area contributed by atoms with E-state index in [4.69, 9.17) is 14.2 Å². The summed E-state index contributed by atoms with van der Waals surface area (Å²) in [5, 5.41) is 2.71. The number of hydrogen-bond acceptors (Lipinski definition) is 4. The molecule has 1 aliphatic rings. The van der Waals surface area contributed by atoms with Gasteiger partial charge < -0.3 is 19.5 Å². The second kappa shape index (κ2) is 8.64. The summed E-state index contributed by atoms with van der Waals surface area (Å²) in [5.41, 5.74) is 1.87. The normalized spacial score (nSPS) is 13.1. The van der Waals surface area contributed by atoms with E-state index in [1.807, 2.05) is 0 Å². The molecule has 1 amide bonds. The number of carbonyl (C=O) groups is 1. The van der Waals surface area contributed by atoms with E-state index in [9.17, 15) is 13.6 Å². The van der Waals surface area contributed by atoms with Crippen LogP contribution in [0.5, 0.6) is 11.5 Å². The van der Waals surface area contributed by atoms with Crippen molar-refractivity contribution < 1.29 is 27.8 Å². The van der Waals surface area contributed by atoms with Crippen molar-refractivity contribution in [3.8, 4) is 11.5 Å². The largest absolute Gasteiger partial charge is 0.494 e. The fraction of sp³-hybridized carbons (Fsp3) is 0.250. The molecule has 0 spiro atoms. The second-order valence-corrected chi connectivity index (χ2v) is 5.93. The molecule has 0 saturated carbocycles. The molecule has 0 radical (unpaired) electrons. The number of nitrogens with one attached hydrogen (secondary N) is 1. The van der Waals surface area contributed by atoms with E-state index < -0.39 is 5.82 Å². The van der Waals surface area contributed by atoms with Gasteiger partial charge in [-0.05, 0) is 47.9 Å². The molecule has 1 N–H and O–H groups in total. The molecule has 0 fully saturated rings. The minimum Gasteiger partial charge on any atom is -0.494 e. The van der Waals surface area contributed by atoms with Gasteiger partial charge in [-0.15, -0.1) is 0 Å². The number of methoxy groups -OCH3 is 1. The summed E-state index contributed by atoms with van der Waals surface area (Å²) in [7, 11) is 1.38. The third kappa shape index (κ3) is 4.83. The molecule has 7 heteroatoms. The molecule has 0 atom stereocenters. The van der Waals surface area contributed by atoms with Gasteiger partial charge in [0.25, 0.3) is 0 Å². The number of amides is 1. The van der Waals surface area contributed by atoms with Crippen LogP contribution in [0.15, 0.2) is 36.4 Å². The van der Waals surface area contributed by atoms with Gasteiger partial charge in [-0.2, -0.15) is 0 Å². The molecule has 142 valence electrons. The Kier molecular flexibility index (Phi) is 6.03. The quantitative estimate of drug-likeness (QED) is 0.788. The lowest BCUT2D eigenvalue weighted by atomic mass is 10.1. The molecule has 0 bridgehead atoms. The number of rotatable bonds is 6. The Morgan fingerprint density at radius 2 is 2.15 bits per heavy atom. The van der Waals surface area contributed by atoms with Crippen molar-refractivity contribution >= 4 is 12.0 Å². The summed E-state index contributed by atoms with van der Waals surface area (Å²) in [5.74, 6) is -0.449. The lowest BCUT2D eigenvalue weighted by Gasteiger charge is -2.20. The standard InChI is InChI=1S/C20H19F2NO4/c1-25-18-4-2-13(8-17(18)22)3-5-19(24)23-7-6-14-9-16(21)10-15-11-26-12-27-20(14)15/h2-5,8-10H,6-7,11-12H2,1H3,(H,23,24). The van der Waals surface area contributed by atoms with Crippen LogP contribution in [-0.2, 0) is 22.6 Å². The van der Waals surface area contributed by atoms with E-state index in [1.54, 1.807) is 6.07 Å². The Labute approximate surface area is 155 Å². The molecule has 0 saturated heterocycles. The molecule has 5 nitrogen and oxygen atoms in total. The third-order valence-electron chi connectivity index (χ3n) is 4.05. The van der Waals surface area contributed by atoms with Gasteiger partial charge in [-0.1, -0.05) is 6.07 Å². The van der Waals surface area contributed by atoms with Crippen LogP contribution in [-0.4, -0.2) is 26.4 Å². The van der Waals surface area contributed by atoms with Crippen molar-refractivity contribution in [1.82, 2.24) is 5.32 Å². The maximum absolute atomic E-state index is 13.7. The average Bonchev–Trinajstić information content (AvgIpc) is 2.66. The van der Waals surface area contributed by atoms with Crippen LogP contribution >= 0.6 is 0 Å². The molecule has 2 aromatic rings. The second-order valence-electron chi connectivity index (χ2n) is 5.93. The van der Waals surface area contributed by atoms with E-state index >= 15 is 0 Å². The Morgan fingerprint density at radius 1 is 1.30 bits per heavy atom. The summed E-state index contributed by atoms with van der Waals surface area (Å²) in [6.45, 7) is 0.729. The monoisotopic (exact) mass is 375 g/mol. The van der Waals surface area contributed by atoms with Crippen molar-refractivity contribution in [2.75, 3.05) is 20.4 Å². The van der Waals surface area contributed by atoms with Gasteiger partial charge in [-0.3, -0.25) is 4.79 Å². The van der Waals surface area contributed by atoms with E-state index in [0.717, 1.165) is 0 Å². The highest BCUT2D eigenvalue weighted by Crippen LogP contribution is 2.29. The van der Waals surface area contributed by atoms with Crippen LogP contribution in [0.2, 0.25) is 0 Å². The van der Waals surface area contributed by atoms with Crippen molar-refractivity contribution in [2.45, 2.75) is 13.0 Å². The number of benzene rings is 2. The molecular formula is C20H19F2NO4. The summed E-state index contributed by atoms with van der Waals surface area (Å²) in [6.07, 6.45) is 3.23. The van der Waals surface area contributed by atoms with Crippen LogP contribution in [0, 0.1) is 11.6 Å². The van der Waals surface area contributed by atoms with Crippen LogP contribution < -0.4 is 14.8 Å². The molecule has 0 unspecified atom stereocenters. The molecule has 27 heavy (non-hydrogen) atoms. The SMILES string of the molecule is COc1ccc(C=CC(=O)NCCc2cc(F)cc3c2OCOC3)cc1F. The number of carbonyl (C=O) groups excluding carboxylic acids is 1. The van der Waals surface area contributed by atoms with Gasteiger partial charge in [-0.25, -0.2) is 8.78 Å². The van der Waals surface area contributed by atoms with Gasteiger partial charge in [0.15, 0.2) is 18.4 Å². The molecule has 1 aliphatic heterocycles. The molecule has 0 aromatic heterocycles. The summed E-state index contributed by atoms with van der Waals surface area (Å²) >= 11 is 0. The van der Waals surface area contributed by atoms with Crippen molar-refractivity contribution in [1.29, 1.82) is 0 Å². The molecule has 2 aromatic carbocycles. The maximum atomic E-state index is 13.7. The predicted molar refractivity (Wildman–Crippen MR) is 95.4 cm³/mol. The first-order valence-corrected chi connectivity index (χ1v) is 8.38. The third-order valence-corrected chi connectivity index (χ3v) is 4.05. The lowest BCUT2D eigenvalue weighted by Crippen LogP contribution is -2.24. The minimum atomic E-state index is -0.500. The Balaban J connectivity index is 1.56. The fourth-order valence-corrected chi connectivity index (χ4v) is 2.78. The highest BCUT2D eigenvalue weighted by atomic mass is 19.1. The summed E-state index contributed by atoms with van der Waals surface area (Å²) in [6, 6.07) is 7.19. The smallest absolute Gasteiger partial charge is 0.244 e. The van der Waals surface area contributed by atoms with Crippen molar-refractivity contribution in [3.05, 3.63) is 64.7 Å². The van der Waals surface area contributed by atoms with Gasteiger partial charge in [0.05, 0.1) is 13.7 Å². The number of hydrogen-bond donors (Lipinski definition) is 1. The molecule has 1 heterocycles. The van der Waals surface area contributed by atoms with Crippen molar-refractivity contribution in [2.24, 2.45) is 0 Å². The van der Waals surface area contributed by atoms with E-state index in [1.165, 1.54) is 43.5 Å². The lowest BCUT2D eigenvalue weighted by molar-refractivity contribution is -0.116. The highest BCUT2D eigenvalue weighted by molar-refractivity contribution is 5.91. The zero-order valence-electron chi connectivity index (χ0n) is 14.8. The number of halogens is 2. The van der Waals surface area contributed by atoms with Crippen LogP contribution in [0.1, 0.15) is 16.7 Å². The zero-order chi connectivity index (χ0) is 19.2. The fourth-order valence-electron chi connectivity index (χ4n) is 2.78. The Hall–Kier alpha value is -2.93. The summed E-state index contributed by atoms with van der Waals surface area (Å²) < 4.78 is 42.7. The van der Waals surface area contributed by atoms with Crippen LogP contribution in [0.25, 0.3) is 6.08 Å². The molecular weight excluding hydrogens is 356 g/mol. The predicted octanol–water partition coefficient (Wildman–Crippen LogP) is 3.21. The number of ether oxygens (including phenoxy) is 3. The highest BCUT2D eigenvalue weighted by Gasteiger charge is 2.16.